The minimum atomic E-state index is -0.192. The van der Waals surface area contributed by atoms with Gasteiger partial charge in [0.25, 0.3) is 5.91 Å². The summed E-state index contributed by atoms with van der Waals surface area (Å²) in [5.74, 6) is -0.337. The number of thiazole rings is 1. The van der Waals surface area contributed by atoms with Crippen molar-refractivity contribution in [3.63, 3.8) is 0 Å². The van der Waals surface area contributed by atoms with Crippen LogP contribution in [0.5, 0.6) is 0 Å². The first-order chi connectivity index (χ1) is 12.8. The molecule has 27 heavy (non-hydrogen) atoms. The molecule has 0 radical (unpaired) electrons. The standard InChI is InChI=1S/C21H25N3O2S/c1-5-19(25)24(4)15-8-6-14(7-9-15)20(26)22-13-18-23-16-10-11-21(2,3)12-17(16)27-18/h5-9H,1,10-13H2,2-4H3,(H,22,26). The highest BCUT2D eigenvalue weighted by Gasteiger charge is 2.28. The van der Waals surface area contributed by atoms with E-state index in [0.29, 0.717) is 23.2 Å². The van der Waals surface area contributed by atoms with Gasteiger partial charge in [0, 0.05) is 23.2 Å². The molecule has 1 aromatic carbocycles. The van der Waals surface area contributed by atoms with Crippen molar-refractivity contribution in [1.29, 1.82) is 0 Å². The van der Waals surface area contributed by atoms with Gasteiger partial charge in [-0.05, 0) is 55.0 Å². The van der Waals surface area contributed by atoms with Crippen LogP contribution in [0.1, 0.15) is 46.2 Å². The zero-order valence-corrected chi connectivity index (χ0v) is 16.9. The molecule has 0 bridgehead atoms. The largest absolute Gasteiger partial charge is 0.346 e. The van der Waals surface area contributed by atoms with E-state index in [4.69, 9.17) is 4.98 Å². The zero-order chi connectivity index (χ0) is 19.6. The van der Waals surface area contributed by atoms with Crippen molar-refractivity contribution >= 4 is 28.8 Å². The van der Waals surface area contributed by atoms with Gasteiger partial charge >= 0.3 is 0 Å². The van der Waals surface area contributed by atoms with E-state index < -0.39 is 0 Å². The first-order valence-corrected chi connectivity index (χ1v) is 9.86. The van der Waals surface area contributed by atoms with Crippen molar-refractivity contribution < 1.29 is 9.59 Å². The van der Waals surface area contributed by atoms with Gasteiger partial charge in [-0.25, -0.2) is 4.98 Å². The fraction of sp³-hybridized carbons (Fsp3) is 0.381. The van der Waals surface area contributed by atoms with Crippen molar-refractivity contribution in [2.24, 2.45) is 5.41 Å². The van der Waals surface area contributed by atoms with E-state index >= 15 is 0 Å². The molecule has 0 atom stereocenters. The van der Waals surface area contributed by atoms with Crippen LogP contribution in [-0.4, -0.2) is 23.8 Å². The second-order valence-electron chi connectivity index (χ2n) is 7.65. The van der Waals surface area contributed by atoms with Crippen molar-refractivity contribution in [3.05, 3.63) is 58.1 Å². The summed E-state index contributed by atoms with van der Waals surface area (Å²) in [5.41, 5.74) is 2.80. The molecule has 0 unspecified atom stereocenters. The lowest BCUT2D eigenvalue weighted by Crippen LogP contribution is -2.25. The summed E-state index contributed by atoms with van der Waals surface area (Å²) in [6.07, 6.45) is 4.50. The number of likely N-dealkylation sites (N-methyl/N-ethyl adjacent to an activating group) is 1. The second-order valence-corrected chi connectivity index (χ2v) is 8.82. The van der Waals surface area contributed by atoms with E-state index in [1.165, 1.54) is 21.5 Å². The molecule has 1 aromatic heterocycles. The number of hydrogen-bond donors (Lipinski definition) is 1. The van der Waals surface area contributed by atoms with E-state index in [2.05, 4.69) is 25.7 Å². The first kappa shape index (κ1) is 19.3. The van der Waals surface area contributed by atoms with Gasteiger partial charge in [0.15, 0.2) is 0 Å². The molecule has 0 saturated heterocycles. The number of aryl methyl sites for hydroxylation is 1. The van der Waals surface area contributed by atoms with Crippen molar-refractivity contribution in [2.45, 2.75) is 39.7 Å². The number of hydrogen-bond acceptors (Lipinski definition) is 4. The number of benzene rings is 1. The highest BCUT2D eigenvalue weighted by molar-refractivity contribution is 7.11. The summed E-state index contributed by atoms with van der Waals surface area (Å²) in [7, 11) is 1.67. The summed E-state index contributed by atoms with van der Waals surface area (Å²) < 4.78 is 0. The number of aromatic nitrogens is 1. The monoisotopic (exact) mass is 383 g/mol. The van der Waals surface area contributed by atoms with Crippen LogP contribution in [0, 0.1) is 5.41 Å². The number of carbonyl (C=O) groups excluding carboxylic acids is 2. The Morgan fingerprint density at radius 2 is 2.04 bits per heavy atom. The van der Waals surface area contributed by atoms with Crippen LogP contribution in [0.4, 0.5) is 5.69 Å². The molecular weight excluding hydrogens is 358 g/mol. The quantitative estimate of drug-likeness (QED) is 0.800. The number of nitrogens with one attached hydrogen (secondary N) is 1. The first-order valence-electron chi connectivity index (χ1n) is 9.05. The Hall–Kier alpha value is -2.47. The van der Waals surface area contributed by atoms with Crippen molar-refractivity contribution in [1.82, 2.24) is 10.3 Å². The average molecular weight is 384 g/mol. The Balaban J connectivity index is 1.61. The highest BCUT2D eigenvalue weighted by atomic mass is 32.1. The highest BCUT2D eigenvalue weighted by Crippen LogP contribution is 2.37. The Kier molecular flexibility index (Phi) is 5.46. The normalized spacial score (nSPS) is 14.9. The molecule has 0 spiro atoms. The van der Waals surface area contributed by atoms with Gasteiger partial charge in [0.05, 0.1) is 12.2 Å². The van der Waals surface area contributed by atoms with Crippen molar-refractivity contribution in [3.8, 4) is 0 Å². The third-order valence-electron chi connectivity index (χ3n) is 4.92. The smallest absolute Gasteiger partial charge is 0.251 e. The Labute approximate surface area is 164 Å². The summed E-state index contributed by atoms with van der Waals surface area (Å²) in [6.45, 7) is 8.50. The average Bonchev–Trinajstić information content (AvgIpc) is 3.05. The van der Waals surface area contributed by atoms with Gasteiger partial charge in [-0.15, -0.1) is 11.3 Å². The number of carbonyl (C=O) groups is 2. The summed E-state index contributed by atoms with van der Waals surface area (Å²) in [4.78, 5) is 31.6. The number of rotatable bonds is 5. The lowest BCUT2D eigenvalue weighted by molar-refractivity contribution is -0.113. The molecule has 1 heterocycles. The van der Waals surface area contributed by atoms with Gasteiger partial charge in [-0.2, -0.15) is 0 Å². The second kappa shape index (κ2) is 7.64. The van der Waals surface area contributed by atoms with E-state index in [9.17, 15) is 9.59 Å². The predicted molar refractivity (Wildman–Crippen MR) is 109 cm³/mol. The lowest BCUT2D eigenvalue weighted by Gasteiger charge is -2.28. The van der Waals surface area contributed by atoms with E-state index in [1.807, 2.05) is 0 Å². The molecular formula is C21H25N3O2S. The third-order valence-corrected chi connectivity index (χ3v) is 6.02. The van der Waals surface area contributed by atoms with Crippen LogP contribution in [0.15, 0.2) is 36.9 Å². The van der Waals surface area contributed by atoms with E-state index in [0.717, 1.165) is 24.3 Å². The predicted octanol–water partition coefficient (Wildman–Crippen LogP) is 3.74. The minimum absolute atomic E-state index is 0.146. The fourth-order valence-electron chi connectivity index (χ4n) is 3.18. The molecule has 2 amide bonds. The zero-order valence-electron chi connectivity index (χ0n) is 16.0. The Morgan fingerprint density at radius 1 is 1.33 bits per heavy atom. The van der Waals surface area contributed by atoms with Gasteiger partial charge < -0.3 is 10.2 Å². The minimum Gasteiger partial charge on any atom is -0.346 e. The maximum atomic E-state index is 12.4. The van der Waals surface area contributed by atoms with Crippen LogP contribution in [0.25, 0.3) is 0 Å². The molecule has 2 aromatic rings. The molecule has 0 aliphatic heterocycles. The molecule has 0 saturated carbocycles. The SMILES string of the molecule is C=CC(=O)N(C)c1ccc(C(=O)NCc2nc3c(s2)CC(C)(C)CC3)cc1. The van der Waals surface area contributed by atoms with Crippen LogP contribution < -0.4 is 10.2 Å². The summed E-state index contributed by atoms with van der Waals surface area (Å²) in [6, 6.07) is 6.93. The number of nitrogens with zero attached hydrogens (tertiary/aromatic N) is 2. The molecule has 3 rings (SSSR count). The third kappa shape index (κ3) is 4.45. The number of anilines is 1. The maximum absolute atomic E-state index is 12.4. The fourth-order valence-corrected chi connectivity index (χ4v) is 4.50. The van der Waals surface area contributed by atoms with Crippen LogP contribution in [-0.2, 0) is 24.2 Å². The molecule has 1 N–H and O–H groups in total. The summed E-state index contributed by atoms with van der Waals surface area (Å²) >= 11 is 1.71. The molecule has 1 aliphatic carbocycles. The lowest BCUT2D eigenvalue weighted by atomic mass is 9.79. The number of fused-ring (bicyclic) bond motifs is 1. The molecule has 1 aliphatic rings. The van der Waals surface area contributed by atoms with Crippen LogP contribution in [0.2, 0.25) is 0 Å². The van der Waals surface area contributed by atoms with Gasteiger partial charge in [0.2, 0.25) is 5.91 Å². The van der Waals surface area contributed by atoms with E-state index in [1.54, 1.807) is 42.6 Å². The molecule has 0 fully saturated rings. The van der Waals surface area contributed by atoms with Crippen molar-refractivity contribution in [2.75, 3.05) is 11.9 Å². The Morgan fingerprint density at radius 3 is 2.70 bits per heavy atom. The van der Waals surface area contributed by atoms with Crippen LogP contribution >= 0.6 is 11.3 Å². The topological polar surface area (TPSA) is 62.3 Å². The molecule has 142 valence electrons. The maximum Gasteiger partial charge on any atom is 0.251 e. The summed E-state index contributed by atoms with van der Waals surface area (Å²) in [5, 5.41) is 3.90. The molecule has 6 heteroatoms. The van der Waals surface area contributed by atoms with Gasteiger partial charge in [-0.1, -0.05) is 20.4 Å². The van der Waals surface area contributed by atoms with Crippen LogP contribution in [0.3, 0.4) is 0 Å². The van der Waals surface area contributed by atoms with Gasteiger partial charge in [0.1, 0.15) is 5.01 Å². The number of amides is 2. The molecule has 5 nitrogen and oxygen atoms in total. The van der Waals surface area contributed by atoms with E-state index in [-0.39, 0.29) is 11.8 Å². The Bertz CT molecular complexity index is 868. The van der Waals surface area contributed by atoms with Gasteiger partial charge in [-0.3, -0.25) is 9.59 Å².